The summed E-state index contributed by atoms with van der Waals surface area (Å²) in [5, 5.41) is 3.42. The van der Waals surface area contributed by atoms with E-state index in [1.807, 2.05) is 13.1 Å². The smallest absolute Gasteiger partial charge is 0.409 e. The summed E-state index contributed by atoms with van der Waals surface area (Å²) in [5.41, 5.74) is 1.13. The standard InChI is InChI=1S/C21H34N6O2.HI/c1-3-29-21(28)27-14-12-26(13-15-27)20(22-2)24-17-18-8-9-19(23-16-18)25-10-6-4-5-7-11-25;/h8-9,16H,3-7,10-15,17H2,1-2H3,(H,22,24);1H. The number of amides is 1. The van der Waals surface area contributed by atoms with E-state index in [4.69, 9.17) is 4.74 Å². The number of ether oxygens (including phenoxy) is 1. The summed E-state index contributed by atoms with van der Waals surface area (Å²) in [6.07, 6.45) is 6.89. The van der Waals surface area contributed by atoms with Gasteiger partial charge in [-0.3, -0.25) is 4.99 Å². The number of nitrogens with zero attached hydrogens (tertiary/aromatic N) is 5. The van der Waals surface area contributed by atoms with Gasteiger partial charge in [-0.2, -0.15) is 0 Å². The van der Waals surface area contributed by atoms with Gasteiger partial charge < -0.3 is 24.8 Å². The number of hydrogen-bond acceptors (Lipinski definition) is 5. The van der Waals surface area contributed by atoms with Crippen LogP contribution in [-0.4, -0.2) is 79.8 Å². The maximum atomic E-state index is 11.8. The van der Waals surface area contributed by atoms with Crippen LogP contribution in [0.1, 0.15) is 38.2 Å². The van der Waals surface area contributed by atoms with E-state index < -0.39 is 0 Å². The lowest BCUT2D eigenvalue weighted by Crippen LogP contribution is -2.53. The fourth-order valence-electron chi connectivity index (χ4n) is 3.84. The van der Waals surface area contributed by atoms with Crippen molar-refractivity contribution in [3.63, 3.8) is 0 Å². The third kappa shape index (κ3) is 6.88. The third-order valence-corrected chi connectivity index (χ3v) is 5.51. The molecule has 8 nitrogen and oxygen atoms in total. The average molecular weight is 530 g/mol. The van der Waals surface area contributed by atoms with Crippen molar-refractivity contribution in [2.45, 2.75) is 39.2 Å². The van der Waals surface area contributed by atoms with Crippen LogP contribution in [0.4, 0.5) is 10.6 Å². The molecule has 9 heteroatoms. The van der Waals surface area contributed by atoms with Gasteiger partial charge in [-0.25, -0.2) is 9.78 Å². The topological polar surface area (TPSA) is 73.3 Å². The number of nitrogens with one attached hydrogen (secondary N) is 1. The second kappa shape index (κ2) is 12.8. The molecular formula is C21H35IN6O2. The van der Waals surface area contributed by atoms with Gasteiger partial charge in [0.1, 0.15) is 5.82 Å². The van der Waals surface area contributed by atoms with Crippen LogP contribution in [0.2, 0.25) is 0 Å². The molecule has 2 aliphatic rings. The molecule has 0 aliphatic carbocycles. The van der Waals surface area contributed by atoms with Crippen LogP contribution >= 0.6 is 24.0 Å². The molecule has 2 aliphatic heterocycles. The molecule has 1 amide bonds. The molecule has 1 aromatic heterocycles. The zero-order valence-electron chi connectivity index (χ0n) is 18.2. The van der Waals surface area contributed by atoms with E-state index in [1.54, 1.807) is 11.9 Å². The quantitative estimate of drug-likeness (QED) is 0.367. The normalized spacial score (nSPS) is 17.8. The number of halogens is 1. The maximum Gasteiger partial charge on any atom is 0.409 e. The number of piperazine rings is 1. The molecule has 1 aromatic rings. The highest BCUT2D eigenvalue weighted by Crippen LogP contribution is 2.17. The number of rotatable bonds is 4. The van der Waals surface area contributed by atoms with E-state index in [-0.39, 0.29) is 30.1 Å². The van der Waals surface area contributed by atoms with Crippen LogP contribution in [0.25, 0.3) is 0 Å². The van der Waals surface area contributed by atoms with Gasteiger partial charge in [-0.05, 0) is 31.4 Å². The van der Waals surface area contributed by atoms with E-state index in [2.05, 4.69) is 37.2 Å². The number of carbonyl (C=O) groups excluding carboxylic acids is 1. The Morgan fingerprint density at radius 3 is 2.30 bits per heavy atom. The molecule has 0 bridgehead atoms. The molecular weight excluding hydrogens is 495 g/mol. The fourth-order valence-corrected chi connectivity index (χ4v) is 3.84. The number of pyridine rings is 1. The van der Waals surface area contributed by atoms with Crippen molar-refractivity contribution < 1.29 is 9.53 Å². The Hall–Kier alpha value is -1.78. The van der Waals surface area contributed by atoms with Crippen LogP contribution in [0.5, 0.6) is 0 Å². The van der Waals surface area contributed by atoms with Crippen molar-refractivity contribution in [3.05, 3.63) is 23.9 Å². The van der Waals surface area contributed by atoms with Gasteiger partial charge in [0.15, 0.2) is 5.96 Å². The first kappa shape index (κ1) is 24.5. The molecule has 0 aromatic carbocycles. The Bertz CT molecular complexity index is 669. The summed E-state index contributed by atoms with van der Waals surface area (Å²) in [6.45, 7) is 7.90. The summed E-state index contributed by atoms with van der Waals surface area (Å²) >= 11 is 0. The van der Waals surface area contributed by atoms with E-state index in [0.29, 0.717) is 26.2 Å². The lowest BCUT2D eigenvalue weighted by Gasteiger charge is -2.35. The highest BCUT2D eigenvalue weighted by Gasteiger charge is 2.23. The Kier molecular flexibility index (Phi) is 10.5. The predicted molar refractivity (Wildman–Crippen MR) is 131 cm³/mol. The summed E-state index contributed by atoms with van der Waals surface area (Å²) in [6, 6.07) is 4.27. The van der Waals surface area contributed by atoms with Gasteiger partial charge >= 0.3 is 6.09 Å². The van der Waals surface area contributed by atoms with E-state index in [0.717, 1.165) is 43.5 Å². The fraction of sp³-hybridized carbons (Fsp3) is 0.667. The predicted octanol–water partition coefficient (Wildman–Crippen LogP) is 2.93. The van der Waals surface area contributed by atoms with Crippen molar-refractivity contribution in [2.24, 2.45) is 4.99 Å². The second-order valence-corrected chi connectivity index (χ2v) is 7.50. The molecule has 0 saturated carbocycles. The van der Waals surface area contributed by atoms with Gasteiger partial charge in [-0.1, -0.05) is 18.9 Å². The zero-order valence-corrected chi connectivity index (χ0v) is 20.5. The molecule has 1 N–H and O–H groups in total. The average Bonchev–Trinajstić information content (AvgIpc) is 3.05. The summed E-state index contributed by atoms with van der Waals surface area (Å²) in [5.74, 6) is 1.93. The third-order valence-electron chi connectivity index (χ3n) is 5.51. The van der Waals surface area contributed by atoms with Crippen molar-refractivity contribution in [2.75, 3.05) is 57.8 Å². The molecule has 168 valence electrons. The molecule has 0 spiro atoms. The zero-order chi connectivity index (χ0) is 20.5. The summed E-state index contributed by atoms with van der Waals surface area (Å²) in [7, 11) is 1.79. The molecule has 3 rings (SSSR count). The van der Waals surface area contributed by atoms with E-state index >= 15 is 0 Å². The first-order valence-electron chi connectivity index (χ1n) is 10.8. The molecule has 0 radical (unpaired) electrons. The lowest BCUT2D eigenvalue weighted by molar-refractivity contribution is 0.0914. The molecule has 3 heterocycles. The Morgan fingerprint density at radius 2 is 1.73 bits per heavy atom. The minimum Gasteiger partial charge on any atom is -0.450 e. The number of carbonyl (C=O) groups is 1. The monoisotopic (exact) mass is 530 g/mol. The van der Waals surface area contributed by atoms with Gasteiger partial charge in [0.25, 0.3) is 0 Å². The highest BCUT2D eigenvalue weighted by atomic mass is 127. The van der Waals surface area contributed by atoms with Crippen LogP contribution in [0.15, 0.2) is 23.3 Å². The van der Waals surface area contributed by atoms with Crippen LogP contribution in [0.3, 0.4) is 0 Å². The molecule has 0 atom stereocenters. The van der Waals surface area contributed by atoms with Gasteiger partial charge in [0.2, 0.25) is 0 Å². The van der Waals surface area contributed by atoms with E-state index in [9.17, 15) is 4.79 Å². The van der Waals surface area contributed by atoms with Crippen LogP contribution in [0, 0.1) is 0 Å². The molecule has 2 saturated heterocycles. The van der Waals surface area contributed by atoms with Crippen molar-refractivity contribution >= 4 is 41.8 Å². The van der Waals surface area contributed by atoms with Crippen molar-refractivity contribution in [3.8, 4) is 0 Å². The Labute approximate surface area is 197 Å². The minimum atomic E-state index is -0.231. The Balaban J connectivity index is 0.00000320. The number of hydrogen-bond donors (Lipinski definition) is 1. The number of guanidine groups is 1. The van der Waals surface area contributed by atoms with Crippen LogP contribution in [-0.2, 0) is 11.3 Å². The van der Waals surface area contributed by atoms with Gasteiger partial charge in [0.05, 0.1) is 6.61 Å². The maximum absolute atomic E-state index is 11.8. The minimum absolute atomic E-state index is 0. The largest absolute Gasteiger partial charge is 0.450 e. The van der Waals surface area contributed by atoms with Gasteiger partial charge in [-0.15, -0.1) is 24.0 Å². The Morgan fingerprint density at radius 1 is 1.07 bits per heavy atom. The molecule has 2 fully saturated rings. The number of aromatic nitrogens is 1. The highest BCUT2D eigenvalue weighted by molar-refractivity contribution is 14.0. The van der Waals surface area contributed by atoms with E-state index in [1.165, 1.54) is 25.7 Å². The second-order valence-electron chi connectivity index (χ2n) is 7.50. The molecule has 0 unspecified atom stereocenters. The first-order valence-corrected chi connectivity index (χ1v) is 10.8. The summed E-state index contributed by atoms with van der Waals surface area (Å²) in [4.78, 5) is 27.2. The van der Waals surface area contributed by atoms with Crippen LogP contribution < -0.4 is 10.2 Å². The number of anilines is 1. The SMILES string of the molecule is CCOC(=O)N1CCN(C(=NC)NCc2ccc(N3CCCCCC3)nc2)CC1.I. The van der Waals surface area contributed by atoms with Crippen molar-refractivity contribution in [1.29, 1.82) is 0 Å². The summed E-state index contributed by atoms with van der Waals surface area (Å²) < 4.78 is 5.08. The van der Waals surface area contributed by atoms with Gasteiger partial charge in [0, 0.05) is 59.1 Å². The lowest BCUT2D eigenvalue weighted by atomic mass is 10.2. The molecule has 30 heavy (non-hydrogen) atoms. The number of aliphatic imine (C=N–C) groups is 1. The first-order chi connectivity index (χ1) is 14.2. The van der Waals surface area contributed by atoms with Crippen molar-refractivity contribution in [1.82, 2.24) is 20.1 Å².